The van der Waals surface area contributed by atoms with Crippen LogP contribution in [0.5, 0.6) is 5.75 Å². The molecule has 164 valence electrons. The summed E-state index contributed by atoms with van der Waals surface area (Å²) in [6.07, 6.45) is 0.546. The van der Waals surface area contributed by atoms with Crippen LogP contribution in [0.25, 0.3) is 22.0 Å². The molecule has 0 unspecified atom stereocenters. The fourth-order valence-electron chi connectivity index (χ4n) is 3.92. The van der Waals surface area contributed by atoms with Crippen LogP contribution in [0, 0.1) is 0 Å². The fourth-order valence-corrected chi connectivity index (χ4v) is 3.92. The number of pyridine rings is 1. The summed E-state index contributed by atoms with van der Waals surface area (Å²) < 4.78 is 38.8. The summed E-state index contributed by atoms with van der Waals surface area (Å²) in [6.45, 7) is 2.40. The number of aromatic hydroxyl groups is 1. The highest BCUT2D eigenvalue weighted by molar-refractivity contribution is 6.00. The molecule has 1 saturated heterocycles. The first-order chi connectivity index (χ1) is 14.9. The van der Waals surface area contributed by atoms with Crippen molar-refractivity contribution in [2.45, 2.75) is 25.1 Å². The number of rotatable bonds is 5. The number of benzene rings is 1. The molecule has 2 aromatic heterocycles. The zero-order valence-corrected chi connectivity index (χ0v) is 16.6. The van der Waals surface area contributed by atoms with Crippen LogP contribution in [0.2, 0.25) is 0 Å². The van der Waals surface area contributed by atoms with Crippen molar-refractivity contribution in [3.05, 3.63) is 42.2 Å². The number of fused-ring (bicyclic) bond motifs is 1. The predicted molar refractivity (Wildman–Crippen MR) is 110 cm³/mol. The highest BCUT2D eigenvalue weighted by Gasteiger charge is 2.31. The predicted octanol–water partition coefficient (Wildman–Crippen LogP) is 3.28. The summed E-state index contributed by atoms with van der Waals surface area (Å²) in [5.41, 5.74) is -0.495. The van der Waals surface area contributed by atoms with E-state index >= 15 is 0 Å². The summed E-state index contributed by atoms with van der Waals surface area (Å²) in [5.74, 6) is 0.00368. The van der Waals surface area contributed by atoms with Crippen molar-refractivity contribution in [3.63, 3.8) is 0 Å². The number of hydrogen-bond donors (Lipinski definition) is 3. The first-order valence-corrected chi connectivity index (χ1v) is 9.97. The fraction of sp³-hybridized carbons (Fsp3) is 0.381. The molecule has 1 aliphatic heterocycles. The van der Waals surface area contributed by atoms with Gasteiger partial charge >= 0.3 is 6.18 Å². The average Bonchev–Trinajstić information content (AvgIpc) is 2.74. The zero-order valence-electron chi connectivity index (χ0n) is 16.6. The molecule has 0 spiro atoms. The molecule has 1 fully saturated rings. The molecule has 4 rings (SSSR count). The van der Waals surface area contributed by atoms with Crippen LogP contribution in [0.4, 0.5) is 19.0 Å². The molecule has 0 amide bonds. The van der Waals surface area contributed by atoms with Gasteiger partial charge < -0.3 is 15.5 Å². The molecule has 0 radical (unpaired) electrons. The van der Waals surface area contributed by atoms with Crippen molar-refractivity contribution in [2.24, 2.45) is 0 Å². The number of anilines is 1. The van der Waals surface area contributed by atoms with Crippen molar-refractivity contribution in [2.75, 3.05) is 31.6 Å². The lowest BCUT2D eigenvalue weighted by Gasteiger charge is -2.33. The molecule has 0 bridgehead atoms. The summed E-state index contributed by atoms with van der Waals surface area (Å²) >= 11 is 0. The second-order valence-electron chi connectivity index (χ2n) is 7.56. The number of halogens is 3. The Morgan fingerprint density at radius 2 is 2.00 bits per heavy atom. The lowest BCUT2D eigenvalue weighted by atomic mass is 10.0. The van der Waals surface area contributed by atoms with Crippen molar-refractivity contribution < 1.29 is 23.4 Å². The Bertz CT molecular complexity index is 1070. The Morgan fingerprint density at radius 1 is 1.16 bits per heavy atom. The molecule has 0 saturated carbocycles. The maximum atomic E-state index is 12.9. The maximum absolute atomic E-state index is 12.9. The molecule has 1 aromatic carbocycles. The number of hydrogen-bond acceptors (Lipinski definition) is 7. The van der Waals surface area contributed by atoms with Crippen LogP contribution in [0.1, 0.15) is 18.4 Å². The second kappa shape index (κ2) is 8.64. The Kier molecular flexibility index (Phi) is 5.92. The average molecular weight is 433 g/mol. The van der Waals surface area contributed by atoms with E-state index in [1.165, 1.54) is 6.07 Å². The smallest absolute Gasteiger partial charge is 0.416 e. The zero-order chi connectivity index (χ0) is 22.0. The molecule has 3 heterocycles. The largest absolute Gasteiger partial charge is 0.507 e. The Morgan fingerprint density at radius 3 is 2.74 bits per heavy atom. The minimum Gasteiger partial charge on any atom is -0.507 e. The standard InChI is InChI=1S/C21H22F3N5O2/c22-21(23,24)13-3-4-16(18(31)10-13)19-15-5-6-25-11-17(15)20(28-27-19)26-14-2-1-7-29(12-14)8-9-30/h3-6,10-11,14,30-31H,1-2,7-9,12H2,(H,26,28)/t14-/m1/s1. The van der Waals surface area contributed by atoms with Crippen LogP contribution >= 0.6 is 0 Å². The maximum Gasteiger partial charge on any atom is 0.416 e. The normalized spacial score (nSPS) is 17.7. The second-order valence-corrected chi connectivity index (χ2v) is 7.56. The van der Waals surface area contributed by atoms with E-state index in [-0.39, 0.29) is 23.9 Å². The number of β-amino-alcohol motifs (C(OH)–C–C–N with tert-alkyl or cyclic N) is 1. The van der Waals surface area contributed by atoms with E-state index in [1.807, 2.05) is 0 Å². The first kappa shape index (κ1) is 21.3. The quantitative estimate of drug-likeness (QED) is 0.569. The van der Waals surface area contributed by atoms with Gasteiger partial charge in [-0.1, -0.05) is 0 Å². The van der Waals surface area contributed by atoms with Gasteiger partial charge in [0.1, 0.15) is 11.4 Å². The Balaban J connectivity index is 1.68. The highest BCUT2D eigenvalue weighted by atomic mass is 19.4. The van der Waals surface area contributed by atoms with Crippen LogP contribution in [-0.4, -0.2) is 62.6 Å². The number of phenolic OH excluding ortho intramolecular Hbond substituents is 1. The summed E-state index contributed by atoms with van der Waals surface area (Å²) in [6, 6.07) is 4.61. The van der Waals surface area contributed by atoms with Crippen molar-refractivity contribution in [1.82, 2.24) is 20.1 Å². The summed E-state index contributed by atoms with van der Waals surface area (Å²) in [5, 5.41) is 32.6. The van der Waals surface area contributed by atoms with Crippen molar-refractivity contribution >= 4 is 16.6 Å². The molecule has 10 heteroatoms. The third-order valence-corrected chi connectivity index (χ3v) is 5.42. The van der Waals surface area contributed by atoms with Gasteiger partial charge in [0, 0.05) is 47.9 Å². The monoisotopic (exact) mass is 433 g/mol. The van der Waals surface area contributed by atoms with E-state index in [0.717, 1.165) is 32.0 Å². The van der Waals surface area contributed by atoms with Gasteiger partial charge in [0.25, 0.3) is 0 Å². The molecule has 1 aliphatic rings. The van der Waals surface area contributed by atoms with Gasteiger partial charge in [-0.05, 0) is 43.7 Å². The highest BCUT2D eigenvalue weighted by Crippen LogP contribution is 2.38. The minimum absolute atomic E-state index is 0.102. The number of alkyl halides is 3. The lowest BCUT2D eigenvalue weighted by molar-refractivity contribution is -0.137. The molecule has 31 heavy (non-hydrogen) atoms. The van der Waals surface area contributed by atoms with Gasteiger partial charge in [-0.25, -0.2) is 0 Å². The van der Waals surface area contributed by atoms with E-state index in [4.69, 9.17) is 0 Å². The number of likely N-dealkylation sites (tertiary alicyclic amines) is 1. The van der Waals surface area contributed by atoms with Crippen molar-refractivity contribution in [1.29, 1.82) is 0 Å². The molecular formula is C21H22F3N5O2. The SMILES string of the molecule is OCCN1CCC[C@@H](Nc2nnc(-c3ccc(C(F)(F)F)cc3O)c3ccncc23)C1. The third-order valence-electron chi connectivity index (χ3n) is 5.42. The number of aliphatic hydroxyl groups is 1. The van der Waals surface area contributed by atoms with E-state index in [1.54, 1.807) is 18.5 Å². The van der Waals surface area contributed by atoms with Gasteiger partial charge in [-0.3, -0.25) is 9.88 Å². The van der Waals surface area contributed by atoms with Gasteiger partial charge in [0.15, 0.2) is 5.82 Å². The Labute approximate surface area is 176 Å². The van der Waals surface area contributed by atoms with Gasteiger partial charge in [0.05, 0.1) is 12.2 Å². The Hall–Kier alpha value is -2.98. The van der Waals surface area contributed by atoms with Crippen LogP contribution < -0.4 is 5.32 Å². The van der Waals surface area contributed by atoms with E-state index < -0.39 is 17.5 Å². The summed E-state index contributed by atoms with van der Waals surface area (Å²) in [4.78, 5) is 6.32. The number of nitrogens with one attached hydrogen (secondary N) is 1. The van der Waals surface area contributed by atoms with Gasteiger partial charge in [-0.15, -0.1) is 10.2 Å². The van der Waals surface area contributed by atoms with Crippen LogP contribution in [0.15, 0.2) is 36.7 Å². The number of aromatic nitrogens is 3. The van der Waals surface area contributed by atoms with Crippen LogP contribution in [-0.2, 0) is 6.18 Å². The van der Waals surface area contributed by atoms with Gasteiger partial charge in [-0.2, -0.15) is 13.2 Å². The molecule has 3 aromatic rings. The van der Waals surface area contributed by atoms with E-state index in [2.05, 4.69) is 25.4 Å². The number of phenols is 1. The molecule has 3 N–H and O–H groups in total. The number of aliphatic hydroxyl groups excluding tert-OH is 1. The lowest BCUT2D eigenvalue weighted by Crippen LogP contribution is -2.43. The topological polar surface area (TPSA) is 94.4 Å². The number of piperidine rings is 1. The van der Waals surface area contributed by atoms with Gasteiger partial charge in [0.2, 0.25) is 0 Å². The number of nitrogens with zero attached hydrogens (tertiary/aromatic N) is 4. The van der Waals surface area contributed by atoms with Crippen LogP contribution in [0.3, 0.4) is 0 Å². The van der Waals surface area contributed by atoms with Crippen molar-refractivity contribution in [3.8, 4) is 17.0 Å². The molecule has 7 nitrogen and oxygen atoms in total. The first-order valence-electron chi connectivity index (χ1n) is 9.97. The molecule has 0 aliphatic carbocycles. The summed E-state index contributed by atoms with van der Waals surface area (Å²) in [7, 11) is 0. The van der Waals surface area contributed by atoms with E-state index in [9.17, 15) is 23.4 Å². The third kappa shape index (κ3) is 4.54. The molecular weight excluding hydrogens is 411 g/mol. The minimum atomic E-state index is -4.55. The molecule has 1 atom stereocenters. The van der Waals surface area contributed by atoms with E-state index in [0.29, 0.717) is 29.2 Å².